The molecule has 1 aromatic rings. The molecule has 0 saturated heterocycles. The minimum atomic E-state index is 0.525. The number of rotatable bonds is 3. The Morgan fingerprint density at radius 2 is 2.58 bits per heavy atom. The van der Waals surface area contributed by atoms with Crippen LogP contribution in [0.1, 0.15) is 11.3 Å². The highest BCUT2D eigenvalue weighted by Crippen LogP contribution is 2.02. The zero-order chi connectivity index (χ0) is 8.97. The summed E-state index contributed by atoms with van der Waals surface area (Å²) >= 11 is 5.53. The van der Waals surface area contributed by atoms with Crippen LogP contribution < -0.4 is 0 Å². The minimum absolute atomic E-state index is 0.525. The number of oxime groups is 1. The van der Waals surface area contributed by atoms with E-state index in [2.05, 4.69) is 10.3 Å². The first-order valence-electron chi connectivity index (χ1n) is 3.55. The molecule has 0 atom stereocenters. The van der Waals surface area contributed by atoms with E-state index in [0.29, 0.717) is 12.4 Å². The molecule has 0 unspecified atom stereocenters. The van der Waals surface area contributed by atoms with E-state index in [4.69, 9.17) is 16.8 Å². The molecule has 0 radical (unpaired) electrons. The third-order valence-electron chi connectivity index (χ3n) is 1.49. The van der Waals surface area contributed by atoms with Gasteiger partial charge in [-0.15, -0.1) is 11.6 Å². The van der Waals surface area contributed by atoms with Crippen molar-refractivity contribution in [2.75, 3.05) is 5.88 Å². The Hall–Kier alpha value is -1.03. The zero-order valence-corrected chi connectivity index (χ0v) is 7.49. The van der Waals surface area contributed by atoms with Crippen molar-refractivity contribution in [2.45, 2.75) is 13.5 Å². The monoisotopic (exact) mass is 187 g/mol. The molecule has 0 saturated carbocycles. The second kappa shape index (κ2) is 4.11. The number of nitrogens with zero attached hydrogens (tertiary/aromatic N) is 3. The van der Waals surface area contributed by atoms with Crippen LogP contribution in [0.3, 0.4) is 0 Å². The van der Waals surface area contributed by atoms with Crippen molar-refractivity contribution < 1.29 is 5.21 Å². The van der Waals surface area contributed by atoms with Gasteiger partial charge in [0.25, 0.3) is 0 Å². The molecule has 12 heavy (non-hydrogen) atoms. The van der Waals surface area contributed by atoms with E-state index in [1.807, 2.05) is 6.92 Å². The van der Waals surface area contributed by atoms with Crippen molar-refractivity contribution in [3.63, 3.8) is 0 Å². The maximum Gasteiger partial charge on any atom is 0.0768 e. The number of alkyl halides is 1. The molecule has 0 aliphatic rings. The zero-order valence-electron chi connectivity index (χ0n) is 6.74. The van der Waals surface area contributed by atoms with Crippen molar-refractivity contribution in [3.8, 4) is 0 Å². The molecule has 1 aromatic heterocycles. The molecule has 1 heterocycles. The fraction of sp³-hybridized carbons (Fsp3) is 0.429. The van der Waals surface area contributed by atoms with Gasteiger partial charge in [-0.25, -0.2) is 0 Å². The minimum Gasteiger partial charge on any atom is -0.411 e. The summed E-state index contributed by atoms with van der Waals surface area (Å²) in [4.78, 5) is 0. The largest absolute Gasteiger partial charge is 0.411 e. The third kappa shape index (κ3) is 1.98. The Bertz CT molecular complexity index is 282. The molecule has 0 fully saturated rings. The molecule has 0 aliphatic carbocycles. The lowest BCUT2D eigenvalue weighted by Crippen LogP contribution is -1.99. The van der Waals surface area contributed by atoms with Crippen molar-refractivity contribution in [3.05, 3.63) is 17.5 Å². The van der Waals surface area contributed by atoms with Crippen LogP contribution in [-0.4, -0.2) is 27.1 Å². The first kappa shape index (κ1) is 9.06. The van der Waals surface area contributed by atoms with Crippen LogP contribution in [0.5, 0.6) is 0 Å². The van der Waals surface area contributed by atoms with Gasteiger partial charge in [0.2, 0.25) is 0 Å². The molecular weight excluding hydrogens is 178 g/mol. The summed E-state index contributed by atoms with van der Waals surface area (Å²) in [6.07, 6.45) is 3.14. The van der Waals surface area contributed by atoms with E-state index >= 15 is 0 Å². The van der Waals surface area contributed by atoms with Crippen LogP contribution in [0.4, 0.5) is 0 Å². The van der Waals surface area contributed by atoms with Gasteiger partial charge in [-0.3, -0.25) is 4.68 Å². The van der Waals surface area contributed by atoms with Crippen molar-refractivity contribution in [2.24, 2.45) is 5.16 Å². The number of aromatic nitrogens is 2. The van der Waals surface area contributed by atoms with Gasteiger partial charge in [-0.2, -0.15) is 5.10 Å². The maximum absolute atomic E-state index is 8.29. The average Bonchev–Trinajstić information content (AvgIpc) is 2.34. The van der Waals surface area contributed by atoms with Gasteiger partial charge < -0.3 is 5.21 Å². The van der Waals surface area contributed by atoms with E-state index in [1.54, 1.807) is 10.9 Å². The van der Waals surface area contributed by atoms with Gasteiger partial charge in [0, 0.05) is 17.6 Å². The van der Waals surface area contributed by atoms with Crippen LogP contribution in [0.2, 0.25) is 0 Å². The molecule has 0 amide bonds. The fourth-order valence-electron chi connectivity index (χ4n) is 0.923. The highest BCUT2D eigenvalue weighted by Gasteiger charge is 2.01. The van der Waals surface area contributed by atoms with Gasteiger partial charge in [0.15, 0.2) is 0 Å². The van der Waals surface area contributed by atoms with E-state index in [1.165, 1.54) is 6.21 Å². The summed E-state index contributed by atoms with van der Waals surface area (Å²) in [6.45, 7) is 2.52. The third-order valence-corrected chi connectivity index (χ3v) is 1.66. The van der Waals surface area contributed by atoms with E-state index in [-0.39, 0.29) is 0 Å². The quantitative estimate of drug-likeness (QED) is 0.335. The van der Waals surface area contributed by atoms with Gasteiger partial charge in [0.05, 0.1) is 18.5 Å². The Morgan fingerprint density at radius 1 is 1.83 bits per heavy atom. The van der Waals surface area contributed by atoms with E-state index in [0.717, 1.165) is 11.3 Å². The Morgan fingerprint density at radius 3 is 3.17 bits per heavy atom. The van der Waals surface area contributed by atoms with Gasteiger partial charge in [0.1, 0.15) is 0 Å². The summed E-state index contributed by atoms with van der Waals surface area (Å²) in [5.74, 6) is 0.525. The fourth-order valence-corrected chi connectivity index (χ4v) is 1.10. The second-order valence-corrected chi connectivity index (χ2v) is 2.74. The van der Waals surface area contributed by atoms with Gasteiger partial charge in [-0.1, -0.05) is 5.16 Å². The summed E-state index contributed by atoms with van der Waals surface area (Å²) in [5, 5.41) is 15.4. The number of aryl methyl sites for hydroxylation is 2. The van der Waals surface area contributed by atoms with Crippen LogP contribution in [-0.2, 0) is 6.54 Å². The molecule has 4 nitrogen and oxygen atoms in total. The first-order chi connectivity index (χ1) is 5.77. The second-order valence-electron chi connectivity index (χ2n) is 2.37. The number of hydrogen-bond donors (Lipinski definition) is 1. The standard InChI is InChI=1S/C7H10ClN3O/c1-6-7(4-9-12)5-11(10-6)3-2-8/h4-5,12H,2-3H2,1H3/b9-4+. The van der Waals surface area contributed by atoms with Gasteiger partial charge >= 0.3 is 0 Å². The highest BCUT2D eigenvalue weighted by molar-refractivity contribution is 6.17. The number of halogens is 1. The highest BCUT2D eigenvalue weighted by atomic mass is 35.5. The molecule has 66 valence electrons. The summed E-state index contributed by atoms with van der Waals surface area (Å²) in [6, 6.07) is 0. The van der Waals surface area contributed by atoms with Crippen LogP contribution in [0.25, 0.3) is 0 Å². The number of hydrogen-bond acceptors (Lipinski definition) is 3. The molecule has 0 aliphatic heterocycles. The lowest BCUT2D eigenvalue weighted by Gasteiger charge is -1.92. The van der Waals surface area contributed by atoms with E-state index in [9.17, 15) is 0 Å². The van der Waals surface area contributed by atoms with Crippen molar-refractivity contribution >= 4 is 17.8 Å². The normalized spacial score (nSPS) is 11.2. The molecule has 1 N–H and O–H groups in total. The van der Waals surface area contributed by atoms with Crippen LogP contribution in [0, 0.1) is 6.92 Å². The SMILES string of the molecule is Cc1nn(CCCl)cc1/C=N/O. The topological polar surface area (TPSA) is 50.4 Å². The summed E-state index contributed by atoms with van der Waals surface area (Å²) in [7, 11) is 0. The smallest absolute Gasteiger partial charge is 0.0768 e. The Labute approximate surface area is 75.4 Å². The lowest BCUT2D eigenvalue weighted by atomic mass is 10.3. The summed E-state index contributed by atoms with van der Waals surface area (Å²) < 4.78 is 1.72. The van der Waals surface area contributed by atoms with Crippen LogP contribution >= 0.6 is 11.6 Å². The molecule has 1 rings (SSSR count). The first-order valence-corrected chi connectivity index (χ1v) is 4.09. The maximum atomic E-state index is 8.29. The van der Waals surface area contributed by atoms with Crippen molar-refractivity contribution in [1.29, 1.82) is 0 Å². The van der Waals surface area contributed by atoms with E-state index < -0.39 is 0 Å². The van der Waals surface area contributed by atoms with Gasteiger partial charge in [-0.05, 0) is 6.92 Å². The molecular formula is C7H10ClN3O. The van der Waals surface area contributed by atoms with Crippen LogP contribution in [0.15, 0.2) is 11.4 Å². The molecule has 0 bridgehead atoms. The Kier molecular flexibility index (Phi) is 3.10. The average molecular weight is 188 g/mol. The Balaban J connectivity index is 2.84. The van der Waals surface area contributed by atoms with Crippen molar-refractivity contribution in [1.82, 2.24) is 9.78 Å². The summed E-state index contributed by atoms with van der Waals surface area (Å²) in [5.41, 5.74) is 1.64. The molecule has 5 heteroatoms. The molecule has 0 spiro atoms. The predicted octanol–water partition coefficient (Wildman–Crippen LogP) is 1.24. The molecule has 0 aromatic carbocycles. The predicted molar refractivity (Wildman–Crippen MR) is 47.1 cm³/mol. The lowest BCUT2D eigenvalue weighted by molar-refractivity contribution is 0.322.